The Kier molecular flexibility index (Phi) is 6.15. The number of benzene rings is 2. The van der Waals surface area contributed by atoms with E-state index in [9.17, 15) is 9.18 Å². The molecule has 6 nitrogen and oxygen atoms in total. The Morgan fingerprint density at radius 2 is 1.80 bits per heavy atom. The molecule has 0 saturated carbocycles. The molecule has 30 heavy (non-hydrogen) atoms. The summed E-state index contributed by atoms with van der Waals surface area (Å²) in [5.41, 5.74) is 2.26. The van der Waals surface area contributed by atoms with Gasteiger partial charge in [0, 0.05) is 28.0 Å². The molecule has 0 fully saturated rings. The van der Waals surface area contributed by atoms with Crippen molar-refractivity contribution >= 4 is 28.9 Å². The van der Waals surface area contributed by atoms with Crippen molar-refractivity contribution in [3.8, 4) is 22.0 Å². The summed E-state index contributed by atoms with van der Waals surface area (Å²) in [6.07, 6.45) is 0.347. The van der Waals surface area contributed by atoms with Gasteiger partial charge in [0.1, 0.15) is 17.4 Å². The Labute approximate surface area is 180 Å². The number of rotatable bonds is 7. The van der Waals surface area contributed by atoms with Gasteiger partial charge >= 0.3 is 5.97 Å². The lowest BCUT2D eigenvalue weighted by molar-refractivity contribution is -0.145. The number of nitrogens with zero attached hydrogens (tertiary/aromatic N) is 3. The number of carbonyl (C=O) groups excluding carboxylic acids is 1. The number of aromatic nitrogens is 3. The molecule has 0 amide bonds. The normalized spacial score (nSPS) is 10.9. The van der Waals surface area contributed by atoms with E-state index in [1.54, 1.807) is 24.3 Å². The van der Waals surface area contributed by atoms with Crippen molar-refractivity contribution in [2.24, 2.45) is 0 Å². The van der Waals surface area contributed by atoms with E-state index >= 15 is 0 Å². The Morgan fingerprint density at radius 3 is 2.57 bits per heavy atom. The van der Waals surface area contributed by atoms with Gasteiger partial charge in [0.2, 0.25) is 11.7 Å². The molecule has 2 heterocycles. The predicted octanol–water partition coefficient (Wildman–Crippen LogP) is 5.33. The number of hydrogen-bond donors (Lipinski definition) is 0. The quantitative estimate of drug-likeness (QED) is 0.359. The number of thiazole rings is 1. The van der Waals surface area contributed by atoms with Gasteiger partial charge in [-0.25, -0.2) is 9.37 Å². The summed E-state index contributed by atoms with van der Waals surface area (Å²) < 4.78 is 23.4. The highest BCUT2D eigenvalue weighted by atomic mass is 35.5. The second-order valence-electron chi connectivity index (χ2n) is 6.33. The van der Waals surface area contributed by atoms with Crippen LogP contribution in [-0.2, 0) is 22.6 Å². The molecule has 4 rings (SSSR count). The highest BCUT2D eigenvalue weighted by Gasteiger charge is 2.13. The Morgan fingerprint density at radius 1 is 1.07 bits per heavy atom. The van der Waals surface area contributed by atoms with Gasteiger partial charge in [-0.15, -0.1) is 11.3 Å². The molecule has 0 aliphatic carbocycles. The number of esters is 1. The zero-order chi connectivity index (χ0) is 20.9. The van der Waals surface area contributed by atoms with E-state index < -0.39 is 5.97 Å². The van der Waals surface area contributed by atoms with Crippen LogP contribution in [0, 0.1) is 5.82 Å². The molecular weight excluding hydrogens is 429 g/mol. The monoisotopic (exact) mass is 443 g/mol. The van der Waals surface area contributed by atoms with Gasteiger partial charge in [-0.2, -0.15) is 4.98 Å². The maximum absolute atomic E-state index is 13.0. The molecule has 0 N–H and O–H groups in total. The maximum atomic E-state index is 13.0. The van der Waals surface area contributed by atoms with Gasteiger partial charge in [-0.05, 0) is 36.4 Å². The minimum absolute atomic E-state index is 0.0909. The van der Waals surface area contributed by atoms with Crippen LogP contribution in [0.2, 0.25) is 5.02 Å². The highest BCUT2D eigenvalue weighted by molar-refractivity contribution is 7.13. The lowest BCUT2D eigenvalue weighted by Crippen LogP contribution is -2.06. The molecule has 0 unspecified atom stereocenters. The first-order chi connectivity index (χ1) is 14.6. The minimum Gasteiger partial charge on any atom is -0.459 e. The van der Waals surface area contributed by atoms with Gasteiger partial charge in [0.15, 0.2) is 0 Å². The van der Waals surface area contributed by atoms with Crippen LogP contribution in [0.25, 0.3) is 22.0 Å². The van der Waals surface area contributed by atoms with Crippen molar-refractivity contribution in [2.45, 2.75) is 19.4 Å². The van der Waals surface area contributed by atoms with Crippen molar-refractivity contribution in [3.63, 3.8) is 0 Å². The van der Waals surface area contributed by atoms with Gasteiger partial charge in [0.25, 0.3) is 0 Å². The second-order valence-corrected chi connectivity index (χ2v) is 7.62. The van der Waals surface area contributed by atoms with Crippen LogP contribution in [0.3, 0.4) is 0 Å². The van der Waals surface area contributed by atoms with Crippen molar-refractivity contribution in [1.82, 2.24) is 15.1 Å². The molecule has 9 heteroatoms. The van der Waals surface area contributed by atoms with Crippen molar-refractivity contribution in [2.75, 3.05) is 0 Å². The van der Waals surface area contributed by atoms with Crippen LogP contribution in [0.4, 0.5) is 4.39 Å². The zero-order valence-corrected chi connectivity index (χ0v) is 17.1. The fraction of sp³-hybridized carbons (Fsp3) is 0.143. The molecule has 0 radical (unpaired) electrons. The Balaban J connectivity index is 1.27. The fourth-order valence-electron chi connectivity index (χ4n) is 2.61. The molecule has 0 aliphatic rings. The smallest absolute Gasteiger partial charge is 0.306 e. The van der Waals surface area contributed by atoms with E-state index in [4.69, 9.17) is 20.9 Å². The van der Waals surface area contributed by atoms with Crippen LogP contribution >= 0.6 is 22.9 Å². The molecule has 152 valence electrons. The molecule has 4 aromatic rings. The Hall–Kier alpha value is -3.10. The minimum atomic E-state index is -0.391. The first-order valence-electron chi connectivity index (χ1n) is 9.01. The van der Waals surface area contributed by atoms with Gasteiger partial charge in [-0.1, -0.05) is 28.9 Å². The van der Waals surface area contributed by atoms with E-state index in [2.05, 4.69) is 15.1 Å². The lowest BCUT2D eigenvalue weighted by atomic mass is 10.2. The van der Waals surface area contributed by atoms with E-state index in [-0.39, 0.29) is 25.3 Å². The summed E-state index contributed by atoms with van der Waals surface area (Å²) in [4.78, 5) is 20.7. The van der Waals surface area contributed by atoms with Crippen molar-refractivity contribution < 1.29 is 18.4 Å². The number of carbonyl (C=O) groups is 1. The third-order valence-electron chi connectivity index (χ3n) is 4.14. The Bertz CT molecular complexity index is 1050. The van der Waals surface area contributed by atoms with Crippen molar-refractivity contribution in [1.29, 1.82) is 0 Å². The third kappa shape index (κ3) is 5.08. The zero-order valence-electron chi connectivity index (χ0n) is 15.5. The summed E-state index contributed by atoms with van der Waals surface area (Å²) in [7, 11) is 0. The van der Waals surface area contributed by atoms with Crippen molar-refractivity contribution in [3.05, 3.63) is 76.3 Å². The number of aryl methyl sites for hydroxylation is 1. The summed E-state index contributed by atoms with van der Waals surface area (Å²) in [6.45, 7) is 0.0909. The molecule has 0 spiro atoms. The SMILES string of the molecule is O=C(CCc1nc(-c2ccc(F)cc2)no1)OCc1csc(-c2ccc(Cl)cc2)n1. The van der Waals surface area contributed by atoms with Gasteiger partial charge in [0.05, 0.1) is 12.1 Å². The standard InChI is InChI=1S/C21H15ClFN3O3S/c22-15-5-1-14(2-6-15)21-24-17(12-30-21)11-28-19(27)10-9-18-25-20(26-29-18)13-3-7-16(23)8-4-13/h1-8,12H,9-11H2. The van der Waals surface area contributed by atoms with Gasteiger partial charge < -0.3 is 9.26 Å². The first-order valence-corrected chi connectivity index (χ1v) is 10.3. The summed E-state index contributed by atoms with van der Waals surface area (Å²) in [5.74, 6) is -0.0799. The molecular formula is C21H15ClFN3O3S. The average Bonchev–Trinajstić information content (AvgIpc) is 3.42. The summed E-state index contributed by atoms with van der Waals surface area (Å²) >= 11 is 7.37. The maximum Gasteiger partial charge on any atom is 0.306 e. The van der Waals surface area contributed by atoms with E-state index in [0.29, 0.717) is 28.0 Å². The van der Waals surface area contributed by atoms with Crippen LogP contribution in [0.5, 0.6) is 0 Å². The third-order valence-corrected chi connectivity index (χ3v) is 5.33. The van der Waals surface area contributed by atoms with E-state index in [1.165, 1.54) is 23.5 Å². The van der Waals surface area contributed by atoms with Crippen LogP contribution in [-0.4, -0.2) is 21.1 Å². The summed E-state index contributed by atoms with van der Waals surface area (Å²) in [5, 5.41) is 7.19. The van der Waals surface area contributed by atoms with Gasteiger partial charge in [-0.3, -0.25) is 4.79 Å². The molecule has 0 saturated heterocycles. The van der Waals surface area contributed by atoms with Crippen LogP contribution in [0.1, 0.15) is 18.0 Å². The first kappa shape index (κ1) is 20.2. The topological polar surface area (TPSA) is 78.1 Å². The largest absolute Gasteiger partial charge is 0.459 e. The molecule has 0 aliphatic heterocycles. The number of ether oxygens (including phenoxy) is 1. The van der Waals surface area contributed by atoms with E-state index in [0.717, 1.165) is 10.6 Å². The van der Waals surface area contributed by atoms with Crippen LogP contribution < -0.4 is 0 Å². The highest BCUT2D eigenvalue weighted by Crippen LogP contribution is 2.25. The second kappa shape index (κ2) is 9.15. The molecule has 0 bridgehead atoms. The number of hydrogen-bond acceptors (Lipinski definition) is 7. The average molecular weight is 444 g/mol. The fourth-order valence-corrected chi connectivity index (χ4v) is 3.54. The molecule has 2 aromatic heterocycles. The van der Waals surface area contributed by atoms with E-state index in [1.807, 2.05) is 17.5 Å². The number of halogens is 2. The molecule has 0 atom stereocenters. The summed E-state index contributed by atoms with van der Waals surface area (Å²) in [6, 6.07) is 13.1. The van der Waals surface area contributed by atoms with Crippen LogP contribution in [0.15, 0.2) is 58.4 Å². The molecule has 2 aromatic carbocycles. The predicted molar refractivity (Wildman–Crippen MR) is 110 cm³/mol. The lowest BCUT2D eigenvalue weighted by Gasteiger charge is -2.01.